The fraction of sp³-hybridized carbons (Fsp3) is 1.00. The van der Waals surface area contributed by atoms with Gasteiger partial charge < -0.3 is 9.55 Å². The summed E-state index contributed by atoms with van der Waals surface area (Å²) in [5.41, 5.74) is 0. The highest BCUT2D eigenvalue weighted by Crippen LogP contribution is 2.38. The Morgan fingerprint density at radius 1 is 1.14 bits per heavy atom. The molecule has 14 heavy (non-hydrogen) atoms. The second-order valence-corrected chi connectivity index (χ2v) is 9.95. The summed E-state index contributed by atoms with van der Waals surface area (Å²) in [5, 5.41) is 0.149. The molecule has 0 aromatic rings. The van der Waals surface area contributed by atoms with Crippen molar-refractivity contribution in [1.82, 2.24) is 9.55 Å². The second-order valence-electron chi connectivity index (χ2n) is 4.57. The minimum atomic E-state index is -2.02. The second kappa shape index (κ2) is 5.49. The number of hydrogen-bond donors (Lipinski definition) is 1. The van der Waals surface area contributed by atoms with Gasteiger partial charge in [0.25, 0.3) is 0 Å². The predicted octanol–water partition coefficient (Wildman–Crippen LogP) is 2.92. The molecular weight excluding hydrogens is 212 g/mol. The molecule has 1 N–H and O–H groups in total. The van der Waals surface area contributed by atoms with Crippen LogP contribution >= 0.6 is 11.1 Å². The molecule has 0 aliphatic heterocycles. The first kappa shape index (κ1) is 14.4. The summed E-state index contributed by atoms with van der Waals surface area (Å²) in [7, 11) is -2.02. The number of nitrogens with zero attached hydrogens (tertiary/aromatic N) is 1. The maximum atomic E-state index is 6.84. The Kier molecular flexibility index (Phi) is 5.66. The minimum absolute atomic E-state index is 0.149. The molecule has 0 aromatic carbocycles. The quantitative estimate of drug-likeness (QED) is 0.584. The van der Waals surface area contributed by atoms with E-state index in [9.17, 15) is 0 Å². The van der Waals surface area contributed by atoms with Crippen molar-refractivity contribution in [3.05, 3.63) is 0 Å². The van der Waals surface area contributed by atoms with E-state index in [2.05, 4.69) is 51.1 Å². The molecule has 0 bridgehead atoms. The Labute approximate surface area is 94.9 Å². The average molecular weight is 237 g/mol. The number of nitrogens with one attached hydrogen (secondary N) is 1. The normalized spacial score (nSPS) is 17.1. The zero-order valence-electron chi connectivity index (χ0n) is 10.4. The summed E-state index contributed by atoms with van der Waals surface area (Å²) in [5.74, 6) is 0. The van der Waals surface area contributed by atoms with Crippen LogP contribution in [-0.2, 0) is 0 Å². The van der Waals surface area contributed by atoms with Gasteiger partial charge in [0.15, 0.2) is 0 Å². The molecule has 0 saturated carbocycles. The van der Waals surface area contributed by atoms with Crippen molar-refractivity contribution in [3.63, 3.8) is 0 Å². The Morgan fingerprint density at radius 2 is 1.57 bits per heavy atom. The molecule has 1 unspecified atom stereocenters. The number of hydrogen-bond acceptors (Lipinski definition) is 2. The van der Waals surface area contributed by atoms with Crippen LogP contribution < -0.4 is 4.98 Å². The summed E-state index contributed by atoms with van der Waals surface area (Å²) in [6, 6.07) is 0. The zero-order chi connectivity index (χ0) is 11.4. The SMILES string of the molecule is CCN[Si](Cl)(N(CC)CC)C(C)(C)C. The summed E-state index contributed by atoms with van der Waals surface area (Å²) in [6.45, 7) is 16.2. The molecule has 0 saturated heterocycles. The van der Waals surface area contributed by atoms with Crippen LogP contribution in [0.15, 0.2) is 0 Å². The van der Waals surface area contributed by atoms with E-state index in [0.717, 1.165) is 19.6 Å². The van der Waals surface area contributed by atoms with Crippen LogP contribution in [0.5, 0.6) is 0 Å². The van der Waals surface area contributed by atoms with E-state index in [-0.39, 0.29) is 5.04 Å². The molecule has 0 aliphatic carbocycles. The van der Waals surface area contributed by atoms with E-state index in [1.54, 1.807) is 0 Å². The zero-order valence-corrected chi connectivity index (χ0v) is 12.2. The standard InChI is InChI=1S/C10H25ClN2Si/c1-7-12-14(11,10(4,5)6)13(8-2)9-3/h12H,7-9H2,1-6H3. The Hall–Kier alpha value is 0.427. The monoisotopic (exact) mass is 236 g/mol. The highest BCUT2D eigenvalue weighted by Gasteiger charge is 2.47. The highest BCUT2D eigenvalue weighted by molar-refractivity contribution is 7.18. The van der Waals surface area contributed by atoms with Crippen LogP contribution in [0.2, 0.25) is 5.04 Å². The third kappa shape index (κ3) is 2.96. The van der Waals surface area contributed by atoms with E-state index in [0.29, 0.717) is 0 Å². The third-order valence-electron chi connectivity index (χ3n) is 2.60. The average Bonchev–Trinajstić information content (AvgIpc) is 2.04. The first-order valence-electron chi connectivity index (χ1n) is 5.52. The molecule has 0 fully saturated rings. The first-order chi connectivity index (χ1) is 6.33. The molecular formula is C10H25ClN2Si. The predicted molar refractivity (Wildman–Crippen MR) is 67.9 cm³/mol. The van der Waals surface area contributed by atoms with E-state index in [1.807, 2.05) is 0 Å². The van der Waals surface area contributed by atoms with Gasteiger partial charge in [0.2, 0.25) is 0 Å². The number of rotatable bonds is 5. The van der Waals surface area contributed by atoms with Crippen LogP contribution in [0.25, 0.3) is 0 Å². The van der Waals surface area contributed by atoms with Crippen LogP contribution in [0, 0.1) is 0 Å². The summed E-state index contributed by atoms with van der Waals surface area (Å²) >= 11 is 6.84. The van der Waals surface area contributed by atoms with Crippen molar-refractivity contribution in [2.45, 2.75) is 46.6 Å². The Balaban J connectivity index is 4.87. The van der Waals surface area contributed by atoms with Crippen LogP contribution in [0.1, 0.15) is 41.5 Å². The van der Waals surface area contributed by atoms with E-state index >= 15 is 0 Å². The lowest BCUT2D eigenvalue weighted by Gasteiger charge is -2.44. The Bertz CT molecular complexity index is 166. The summed E-state index contributed by atoms with van der Waals surface area (Å²) < 4.78 is 2.40. The van der Waals surface area contributed by atoms with Crippen molar-refractivity contribution in [2.24, 2.45) is 0 Å². The van der Waals surface area contributed by atoms with E-state index in [4.69, 9.17) is 11.1 Å². The van der Waals surface area contributed by atoms with Crippen molar-refractivity contribution < 1.29 is 0 Å². The van der Waals surface area contributed by atoms with Gasteiger partial charge in [-0.15, -0.1) is 11.1 Å². The van der Waals surface area contributed by atoms with Crippen LogP contribution in [0.3, 0.4) is 0 Å². The largest absolute Gasteiger partial charge is 0.313 e. The molecule has 0 aliphatic rings. The fourth-order valence-corrected chi connectivity index (χ4v) is 5.91. The van der Waals surface area contributed by atoms with Gasteiger partial charge in [-0.05, 0) is 24.7 Å². The smallest absolute Gasteiger partial charge is 0.310 e. The van der Waals surface area contributed by atoms with Gasteiger partial charge >= 0.3 is 7.71 Å². The molecule has 0 radical (unpaired) electrons. The van der Waals surface area contributed by atoms with Gasteiger partial charge in [-0.25, -0.2) is 0 Å². The van der Waals surface area contributed by atoms with Gasteiger partial charge in [0, 0.05) is 0 Å². The van der Waals surface area contributed by atoms with Crippen LogP contribution in [0.4, 0.5) is 0 Å². The number of halogens is 1. The molecule has 0 rings (SSSR count). The molecule has 0 amide bonds. The van der Waals surface area contributed by atoms with E-state index < -0.39 is 7.71 Å². The maximum Gasteiger partial charge on any atom is 0.310 e. The molecule has 1 atom stereocenters. The summed E-state index contributed by atoms with van der Waals surface area (Å²) in [6.07, 6.45) is 0. The lowest BCUT2D eigenvalue weighted by molar-refractivity contribution is 0.430. The van der Waals surface area contributed by atoms with Crippen molar-refractivity contribution in [2.75, 3.05) is 19.6 Å². The molecule has 0 heterocycles. The highest BCUT2D eigenvalue weighted by atomic mass is 35.6. The van der Waals surface area contributed by atoms with Crippen molar-refractivity contribution in [3.8, 4) is 0 Å². The lowest BCUT2D eigenvalue weighted by atomic mass is 10.3. The maximum absolute atomic E-state index is 6.84. The molecule has 4 heteroatoms. The Morgan fingerprint density at radius 3 is 1.79 bits per heavy atom. The van der Waals surface area contributed by atoms with Gasteiger partial charge in [0.1, 0.15) is 0 Å². The molecule has 0 spiro atoms. The lowest BCUT2D eigenvalue weighted by Crippen LogP contribution is -2.65. The molecule has 86 valence electrons. The van der Waals surface area contributed by atoms with E-state index in [1.165, 1.54) is 0 Å². The molecule has 0 aromatic heterocycles. The fourth-order valence-electron chi connectivity index (χ4n) is 1.74. The van der Waals surface area contributed by atoms with Gasteiger partial charge in [-0.2, -0.15) is 0 Å². The third-order valence-corrected chi connectivity index (χ3v) is 9.74. The molecule has 2 nitrogen and oxygen atoms in total. The minimum Gasteiger partial charge on any atom is -0.313 e. The topological polar surface area (TPSA) is 15.3 Å². The van der Waals surface area contributed by atoms with Crippen molar-refractivity contribution >= 4 is 18.8 Å². The van der Waals surface area contributed by atoms with Crippen LogP contribution in [-0.4, -0.2) is 31.9 Å². The van der Waals surface area contributed by atoms with Gasteiger partial charge in [-0.1, -0.05) is 41.5 Å². The van der Waals surface area contributed by atoms with Gasteiger partial charge in [0.05, 0.1) is 0 Å². The first-order valence-corrected chi connectivity index (χ1v) is 8.48. The van der Waals surface area contributed by atoms with Gasteiger partial charge in [-0.3, -0.25) is 0 Å². The van der Waals surface area contributed by atoms with Crippen molar-refractivity contribution in [1.29, 1.82) is 0 Å². The summed E-state index contributed by atoms with van der Waals surface area (Å²) in [4.78, 5) is 3.53.